The van der Waals surface area contributed by atoms with Crippen LogP contribution in [0, 0.1) is 0 Å². The van der Waals surface area contributed by atoms with Crippen molar-refractivity contribution >= 4 is 34.0 Å². The predicted molar refractivity (Wildman–Crippen MR) is 125 cm³/mol. The van der Waals surface area contributed by atoms with Gasteiger partial charge in [-0.3, -0.25) is 9.59 Å². The molecular formula is C26H23N3O2. The third-order valence-corrected chi connectivity index (χ3v) is 4.96. The van der Waals surface area contributed by atoms with E-state index < -0.39 is 0 Å². The van der Waals surface area contributed by atoms with Gasteiger partial charge in [0.15, 0.2) is 0 Å². The lowest BCUT2D eigenvalue weighted by molar-refractivity contribution is -0.114. The Hall–Kier alpha value is -4.12. The molecule has 0 radical (unpaired) electrons. The number of amides is 2. The Bertz CT molecular complexity index is 1180. The highest BCUT2D eigenvalue weighted by Crippen LogP contribution is 2.22. The standard InChI is InChI=1S/C26H23N3O2/c30-25(18-27-24-12-6-10-20-9-4-5-11-23(20)24)29-22-15-13-21(14-16-22)26(31)28-17-19-7-2-1-3-8-19/h1-16,27H,17-18H2,(H,28,31)(H,29,30). The molecule has 4 aromatic rings. The van der Waals surface area contributed by atoms with E-state index in [9.17, 15) is 9.59 Å². The normalized spacial score (nSPS) is 10.5. The van der Waals surface area contributed by atoms with Crippen molar-refractivity contribution in [2.24, 2.45) is 0 Å². The van der Waals surface area contributed by atoms with E-state index in [4.69, 9.17) is 0 Å². The Morgan fingerprint density at radius 3 is 2.23 bits per heavy atom. The van der Waals surface area contributed by atoms with Gasteiger partial charge in [0, 0.05) is 28.9 Å². The summed E-state index contributed by atoms with van der Waals surface area (Å²) in [6.07, 6.45) is 0. The first-order valence-electron chi connectivity index (χ1n) is 10.1. The van der Waals surface area contributed by atoms with Crippen molar-refractivity contribution in [3.63, 3.8) is 0 Å². The fourth-order valence-corrected chi connectivity index (χ4v) is 3.35. The minimum absolute atomic E-state index is 0.146. The second kappa shape index (κ2) is 9.59. The van der Waals surface area contributed by atoms with E-state index >= 15 is 0 Å². The molecule has 0 aliphatic carbocycles. The van der Waals surface area contributed by atoms with Crippen LogP contribution in [0.3, 0.4) is 0 Å². The van der Waals surface area contributed by atoms with Gasteiger partial charge in [0.25, 0.3) is 5.91 Å². The van der Waals surface area contributed by atoms with Gasteiger partial charge in [-0.15, -0.1) is 0 Å². The first kappa shape index (κ1) is 20.2. The molecule has 0 fully saturated rings. The molecule has 5 nitrogen and oxygen atoms in total. The van der Waals surface area contributed by atoms with E-state index in [0.29, 0.717) is 17.8 Å². The Labute approximate surface area is 181 Å². The Morgan fingerprint density at radius 1 is 0.710 bits per heavy atom. The van der Waals surface area contributed by atoms with E-state index in [1.807, 2.05) is 72.8 Å². The monoisotopic (exact) mass is 409 g/mol. The van der Waals surface area contributed by atoms with E-state index in [-0.39, 0.29) is 18.4 Å². The third-order valence-electron chi connectivity index (χ3n) is 4.96. The highest BCUT2D eigenvalue weighted by atomic mass is 16.2. The number of carbonyl (C=O) groups is 2. The summed E-state index contributed by atoms with van der Waals surface area (Å²) in [7, 11) is 0. The van der Waals surface area contributed by atoms with Crippen molar-refractivity contribution in [3.8, 4) is 0 Å². The number of fused-ring (bicyclic) bond motifs is 1. The molecular weight excluding hydrogens is 386 g/mol. The van der Waals surface area contributed by atoms with Crippen LogP contribution in [-0.2, 0) is 11.3 Å². The summed E-state index contributed by atoms with van der Waals surface area (Å²) in [4.78, 5) is 24.7. The third kappa shape index (κ3) is 5.28. The molecule has 154 valence electrons. The molecule has 0 saturated carbocycles. The predicted octanol–water partition coefficient (Wildman–Crippen LogP) is 4.82. The molecule has 5 heteroatoms. The van der Waals surface area contributed by atoms with Gasteiger partial charge in [-0.25, -0.2) is 0 Å². The molecule has 4 aromatic carbocycles. The van der Waals surface area contributed by atoms with Crippen LogP contribution in [0.25, 0.3) is 10.8 Å². The maximum atomic E-state index is 12.3. The van der Waals surface area contributed by atoms with E-state index in [1.165, 1.54) is 0 Å². The first-order valence-corrected chi connectivity index (χ1v) is 10.1. The summed E-state index contributed by atoms with van der Waals surface area (Å²) in [5.74, 6) is -0.312. The number of hydrogen-bond acceptors (Lipinski definition) is 3. The lowest BCUT2D eigenvalue weighted by Crippen LogP contribution is -2.23. The average molecular weight is 409 g/mol. The van der Waals surface area contributed by atoms with Crippen LogP contribution >= 0.6 is 0 Å². The van der Waals surface area contributed by atoms with Gasteiger partial charge in [-0.1, -0.05) is 66.7 Å². The zero-order valence-corrected chi connectivity index (χ0v) is 17.0. The van der Waals surface area contributed by atoms with Crippen LogP contribution in [-0.4, -0.2) is 18.4 Å². The van der Waals surface area contributed by atoms with Crippen LogP contribution in [0.4, 0.5) is 11.4 Å². The second-order valence-electron chi connectivity index (χ2n) is 7.17. The van der Waals surface area contributed by atoms with E-state index in [1.54, 1.807) is 24.3 Å². The van der Waals surface area contributed by atoms with Gasteiger partial charge >= 0.3 is 0 Å². The molecule has 2 amide bonds. The number of hydrogen-bond donors (Lipinski definition) is 3. The van der Waals surface area contributed by atoms with E-state index in [0.717, 1.165) is 22.0 Å². The number of nitrogens with one attached hydrogen (secondary N) is 3. The quantitative estimate of drug-likeness (QED) is 0.410. The smallest absolute Gasteiger partial charge is 0.251 e. The van der Waals surface area contributed by atoms with Gasteiger partial charge in [-0.05, 0) is 41.3 Å². The molecule has 0 aromatic heterocycles. The van der Waals surface area contributed by atoms with Gasteiger partial charge in [0.05, 0.1) is 6.54 Å². The second-order valence-corrected chi connectivity index (χ2v) is 7.17. The summed E-state index contributed by atoms with van der Waals surface area (Å²) >= 11 is 0. The Morgan fingerprint density at radius 2 is 1.42 bits per heavy atom. The highest BCUT2D eigenvalue weighted by molar-refractivity contribution is 5.98. The summed E-state index contributed by atoms with van der Waals surface area (Å²) < 4.78 is 0. The highest BCUT2D eigenvalue weighted by Gasteiger charge is 2.08. The summed E-state index contributed by atoms with van der Waals surface area (Å²) in [5, 5.41) is 11.1. The maximum absolute atomic E-state index is 12.3. The first-order chi connectivity index (χ1) is 15.2. The van der Waals surface area contributed by atoms with Crippen molar-refractivity contribution in [1.82, 2.24) is 5.32 Å². The summed E-state index contributed by atoms with van der Waals surface area (Å²) in [6.45, 7) is 0.616. The molecule has 0 bridgehead atoms. The molecule has 4 rings (SSSR count). The molecule has 0 heterocycles. The number of anilines is 2. The minimum atomic E-state index is -0.158. The summed E-state index contributed by atoms with van der Waals surface area (Å²) in [5.41, 5.74) is 3.14. The van der Waals surface area contributed by atoms with Crippen LogP contribution in [0.2, 0.25) is 0 Å². The number of rotatable bonds is 7. The van der Waals surface area contributed by atoms with Crippen LogP contribution < -0.4 is 16.0 Å². The molecule has 0 spiro atoms. The minimum Gasteiger partial charge on any atom is -0.376 e. The van der Waals surface area contributed by atoms with Crippen molar-refractivity contribution in [2.75, 3.05) is 17.2 Å². The molecule has 0 atom stereocenters. The Kier molecular flexibility index (Phi) is 6.24. The average Bonchev–Trinajstić information content (AvgIpc) is 2.82. The topological polar surface area (TPSA) is 70.2 Å². The lowest BCUT2D eigenvalue weighted by atomic mass is 10.1. The molecule has 0 aliphatic heterocycles. The van der Waals surface area contributed by atoms with Gasteiger partial charge in [0.2, 0.25) is 5.91 Å². The lowest BCUT2D eigenvalue weighted by Gasteiger charge is -2.11. The fraction of sp³-hybridized carbons (Fsp3) is 0.0769. The molecule has 0 aliphatic rings. The van der Waals surface area contributed by atoms with Crippen molar-refractivity contribution in [1.29, 1.82) is 0 Å². The molecule has 0 saturated heterocycles. The van der Waals surface area contributed by atoms with Crippen LogP contribution in [0.15, 0.2) is 97.1 Å². The zero-order chi connectivity index (χ0) is 21.5. The van der Waals surface area contributed by atoms with Gasteiger partial charge in [-0.2, -0.15) is 0 Å². The SMILES string of the molecule is O=C(CNc1cccc2ccccc12)Nc1ccc(C(=O)NCc2ccccc2)cc1. The Balaban J connectivity index is 1.30. The van der Waals surface area contributed by atoms with Crippen molar-refractivity contribution in [2.45, 2.75) is 6.54 Å². The summed E-state index contributed by atoms with van der Waals surface area (Å²) in [6, 6.07) is 30.6. The van der Waals surface area contributed by atoms with Gasteiger partial charge in [0.1, 0.15) is 0 Å². The van der Waals surface area contributed by atoms with E-state index in [2.05, 4.69) is 16.0 Å². The largest absolute Gasteiger partial charge is 0.376 e. The molecule has 31 heavy (non-hydrogen) atoms. The molecule has 0 unspecified atom stereocenters. The van der Waals surface area contributed by atoms with Crippen molar-refractivity contribution < 1.29 is 9.59 Å². The maximum Gasteiger partial charge on any atom is 0.251 e. The number of carbonyl (C=O) groups excluding carboxylic acids is 2. The van der Waals surface area contributed by atoms with Crippen LogP contribution in [0.5, 0.6) is 0 Å². The van der Waals surface area contributed by atoms with Crippen LogP contribution in [0.1, 0.15) is 15.9 Å². The van der Waals surface area contributed by atoms with Gasteiger partial charge < -0.3 is 16.0 Å². The van der Waals surface area contributed by atoms with Crippen molar-refractivity contribution in [3.05, 3.63) is 108 Å². The fourth-order valence-electron chi connectivity index (χ4n) is 3.35. The molecule has 3 N–H and O–H groups in total. The zero-order valence-electron chi connectivity index (χ0n) is 17.0. The number of benzene rings is 4.